The largest absolute Gasteiger partial charge is 0.335 e. The van der Waals surface area contributed by atoms with Crippen LogP contribution in [0.3, 0.4) is 0 Å². The fourth-order valence-electron chi connectivity index (χ4n) is 0.830. The first-order valence-corrected chi connectivity index (χ1v) is 3.83. The van der Waals surface area contributed by atoms with Gasteiger partial charge in [-0.3, -0.25) is 9.59 Å². The molecule has 1 aromatic rings. The lowest BCUT2D eigenvalue weighted by Crippen LogP contribution is -2.32. The van der Waals surface area contributed by atoms with Gasteiger partial charge in [0.05, 0.1) is 0 Å². The van der Waals surface area contributed by atoms with Gasteiger partial charge in [-0.05, 0) is 12.1 Å². The van der Waals surface area contributed by atoms with Crippen molar-refractivity contribution in [2.75, 3.05) is 5.32 Å². The summed E-state index contributed by atoms with van der Waals surface area (Å²) in [5.74, 6) is 0. The topological polar surface area (TPSA) is 66.5 Å². The highest BCUT2D eigenvalue weighted by atomic mass is 16.2. The Hall–Kier alpha value is -2.17. The van der Waals surface area contributed by atoms with Crippen LogP contribution in [-0.4, -0.2) is 23.8 Å². The van der Waals surface area contributed by atoms with Crippen LogP contribution < -0.4 is 5.32 Å². The molecule has 0 aromatic heterocycles. The number of amides is 4. The normalized spacial score (nSPS) is 8.86. The summed E-state index contributed by atoms with van der Waals surface area (Å²) >= 11 is 0. The number of urea groups is 1. The monoisotopic (exact) mass is 192 g/mol. The van der Waals surface area contributed by atoms with E-state index in [1.807, 2.05) is 0 Å². The van der Waals surface area contributed by atoms with Gasteiger partial charge in [0, 0.05) is 5.69 Å². The lowest BCUT2D eigenvalue weighted by molar-refractivity contribution is -0.125. The molecule has 4 amide bonds. The minimum Gasteiger partial charge on any atom is -0.307 e. The Morgan fingerprint density at radius 2 is 1.71 bits per heavy atom. The third kappa shape index (κ3) is 2.41. The summed E-state index contributed by atoms with van der Waals surface area (Å²) in [6, 6.07) is 7.74. The van der Waals surface area contributed by atoms with Gasteiger partial charge in [0.15, 0.2) is 0 Å². The number of hydrogen-bond donors (Lipinski definition) is 1. The van der Waals surface area contributed by atoms with Crippen molar-refractivity contribution >= 4 is 24.5 Å². The number of nitrogens with zero attached hydrogens (tertiary/aromatic N) is 1. The Bertz CT molecular complexity index is 329. The molecule has 0 aliphatic heterocycles. The highest BCUT2D eigenvalue weighted by molar-refractivity contribution is 6.03. The number of imide groups is 3. The van der Waals surface area contributed by atoms with Crippen molar-refractivity contribution in [2.24, 2.45) is 0 Å². The van der Waals surface area contributed by atoms with Crippen molar-refractivity contribution in [1.29, 1.82) is 0 Å². The van der Waals surface area contributed by atoms with Gasteiger partial charge in [0.1, 0.15) is 0 Å². The number of anilines is 1. The molecule has 1 rings (SSSR count). The van der Waals surface area contributed by atoms with Gasteiger partial charge < -0.3 is 5.32 Å². The molecule has 5 nitrogen and oxygen atoms in total. The van der Waals surface area contributed by atoms with Crippen molar-refractivity contribution in [3.63, 3.8) is 0 Å². The van der Waals surface area contributed by atoms with Crippen LogP contribution in [0.4, 0.5) is 10.5 Å². The van der Waals surface area contributed by atoms with Crippen LogP contribution in [0.2, 0.25) is 0 Å². The minimum absolute atomic E-state index is 0.144. The quantitative estimate of drug-likeness (QED) is 0.721. The molecule has 14 heavy (non-hydrogen) atoms. The van der Waals surface area contributed by atoms with E-state index in [4.69, 9.17) is 0 Å². The molecule has 0 fully saturated rings. The van der Waals surface area contributed by atoms with Gasteiger partial charge in [0.25, 0.3) is 0 Å². The van der Waals surface area contributed by atoms with Crippen LogP contribution >= 0.6 is 0 Å². The lowest BCUT2D eigenvalue weighted by Gasteiger charge is -2.08. The zero-order chi connectivity index (χ0) is 10.4. The van der Waals surface area contributed by atoms with E-state index in [0.29, 0.717) is 10.6 Å². The third-order valence-corrected chi connectivity index (χ3v) is 1.49. The molecule has 5 heteroatoms. The van der Waals surface area contributed by atoms with Gasteiger partial charge in [-0.1, -0.05) is 18.2 Å². The average molecular weight is 192 g/mol. The first kappa shape index (κ1) is 9.91. The highest BCUT2D eigenvalue weighted by Gasteiger charge is 2.10. The van der Waals surface area contributed by atoms with Crippen molar-refractivity contribution in [3.05, 3.63) is 30.3 Å². The molecule has 0 aliphatic carbocycles. The molecule has 0 saturated carbocycles. The molecule has 1 aromatic carbocycles. The van der Waals surface area contributed by atoms with Crippen molar-refractivity contribution in [1.82, 2.24) is 4.90 Å². The number of benzene rings is 1. The zero-order valence-electron chi connectivity index (χ0n) is 7.21. The van der Waals surface area contributed by atoms with E-state index in [1.54, 1.807) is 30.3 Å². The van der Waals surface area contributed by atoms with Gasteiger partial charge in [-0.2, -0.15) is 0 Å². The number of carbonyl (C=O) groups excluding carboxylic acids is 3. The predicted molar refractivity (Wildman–Crippen MR) is 49.4 cm³/mol. The zero-order valence-corrected chi connectivity index (χ0v) is 7.21. The van der Waals surface area contributed by atoms with Crippen LogP contribution in [0.5, 0.6) is 0 Å². The Morgan fingerprint density at radius 3 is 2.21 bits per heavy atom. The Labute approximate surface area is 80.3 Å². The van der Waals surface area contributed by atoms with Crippen molar-refractivity contribution < 1.29 is 14.4 Å². The molecule has 0 radical (unpaired) electrons. The van der Waals surface area contributed by atoms with E-state index in [2.05, 4.69) is 5.32 Å². The number of carbonyl (C=O) groups is 3. The summed E-state index contributed by atoms with van der Waals surface area (Å²) in [7, 11) is 0. The maximum atomic E-state index is 11.1. The van der Waals surface area contributed by atoms with E-state index in [1.165, 1.54) is 0 Å². The third-order valence-electron chi connectivity index (χ3n) is 1.49. The molecular weight excluding hydrogens is 184 g/mol. The van der Waals surface area contributed by atoms with Crippen molar-refractivity contribution in [2.45, 2.75) is 0 Å². The predicted octanol–water partition coefficient (Wildman–Crippen LogP) is 0.833. The maximum Gasteiger partial charge on any atom is 0.335 e. The van der Waals surface area contributed by atoms with E-state index >= 15 is 0 Å². The molecule has 1 N–H and O–H groups in total. The summed E-state index contributed by atoms with van der Waals surface area (Å²) in [4.78, 5) is 31.9. The SMILES string of the molecule is O=CN(C=O)C(=O)Nc1ccccc1. The first-order valence-electron chi connectivity index (χ1n) is 3.83. The van der Waals surface area contributed by atoms with Gasteiger partial charge in [-0.25, -0.2) is 9.69 Å². The summed E-state index contributed by atoms with van der Waals surface area (Å²) in [5, 5.41) is 2.37. The fraction of sp³-hybridized carbons (Fsp3) is 0. The molecule has 72 valence electrons. The molecule has 0 unspecified atom stereocenters. The second kappa shape index (κ2) is 4.76. The van der Waals surface area contributed by atoms with Crippen LogP contribution in [0.25, 0.3) is 0 Å². The molecule has 0 saturated heterocycles. The van der Waals surface area contributed by atoms with Gasteiger partial charge in [-0.15, -0.1) is 0 Å². The Kier molecular flexibility index (Phi) is 3.37. The molecule has 0 spiro atoms. The Morgan fingerprint density at radius 1 is 1.14 bits per heavy atom. The standard InChI is InChI=1S/C9H8N2O3/c12-6-11(7-13)9(14)10-8-4-2-1-3-5-8/h1-7H,(H,10,14). The lowest BCUT2D eigenvalue weighted by atomic mass is 10.3. The fourth-order valence-corrected chi connectivity index (χ4v) is 0.830. The molecule has 0 bridgehead atoms. The molecular formula is C9H8N2O3. The number of hydrogen-bond acceptors (Lipinski definition) is 3. The molecule has 0 atom stereocenters. The van der Waals surface area contributed by atoms with Gasteiger partial charge in [0.2, 0.25) is 12.8 Å². The van der Waals surface area contributed by atoms with Crippen LogP contribution in [0.1, 0.15) is 0 Å². The van der Waals surface area contributed by atoms with E-state index in [-0.39, 0.29) is 12.8 Å². The highest BCUT2D eigenvalue weighted by Crippen LogP contribution is 2.05. The summed E-state index contributed by atoms with van der Waals surface area (Å²) in [6.45, 7) is 0. The number of nitrogens with one attached hydrogen (secondary N) is 1. The van der Waals surface area contributed by atoms with Crippen LogP contribution in [-0.2, 0) is 9.59 Å². The van der Waals surface area contributed by atoms with E-state index < -0.39 is 6.03 Å². The number of rotatable bonds is 3. The van der Waals surface area contributed by atoms with E-state index in [0.717, 1.165) is 0 Å². The summed E-state index contributed by atoms with van der Waals surface area (Å²) < 4.78 is 0. The first-order chi connectivity index (χ1) is 6.77. The number of para-hydroxylation sites is 1. The second-order valence-electron chi connectivity index (χ2n) is 2.41. The second-order valence-corrected chi connectivity index (χ2v) is 2.41. The van der Waals surface area contributed by atoms with Gasteiger partial charge >= 0.3 is 6.03 Å². The smallest absolute Gasteiger partial charge is 0.307 e. The minimum atomic E-state index is -0.777. The van der Waals surface area contributed by atoms with Crippen LogP contribution in [0.15, 0.2) is 30.3 Å². The Balaban J connectivity index is 2.65. The van der Waals surface area contributed by atoms with Crippen LogP contribution in [0, 0.1) is 0 Å². The summed E-state index contributed by atoms with van der Waals surface area (Å²) in [6.07, 6.45) is 0.288. The summed E-state index contributed by atoms with van der Waals surface area (Å²) in [5.41, 5.74) is 0.520. The molecule has 0 aliphatic rings. The molecule has 0 heterocycles. The maximum absolute atomic E-state index is 11.1. The van der Waals surface area contributed by atoms with Crippen molar-refractivity contribution in [3.8, 4) is 0 Å². The average Bonchev–Trinajstić information content (AvgIpc) is 2.21. The van der Waals surface area contributed by atoms with E-state index in [9.17, 15) is 14.4 Å².